The maximum absolute atomic E-state index is 5.46. The number of nitrogens with zero attached hydrogens (tertiary/aromatic N) is 1. The third kappa shape index (κ3) is 4.21. The van der Waals surface area contributed by atoms with Gasteiger partial charge in [-0.2, -0.15) is 0 Å². The Morgan fingerprint density at radius 2 is 1.90 bits per heavy atom. The van der Waals surface area contributed by atoms with Gasteiger partial charge in [0.25, 0.3) is 0 Å². The zero-order valence-electron chi connectivity index (χ0n) is 11.8. The molecule has 0 spiro atoms. The lowest BCUT2D eigenvalue weighted by Gasteiger charge is -2.14. The SMILES string of the molecule is C=CCOc1ccc(CN[C@H](C)c2ccncc2)cc1. The zero-order valence-corrected chi connectivity index (χ0v) is 11.8. The molecule has 0 aliphatic rings. The Balaban J connectivity index is 1.86. The van der Waals surface area contributed by atoms with E-state index in [0.29, 0.717) is 12.6 Å². The molecule has 0 fully saturated rings. The molecule has 0 saturated heterocycles. The summed E-state index contributed by atoms with van der Waals surface area (Å²) in [6, 6.07) is 12.5. The molecule has 0 radical (unpaired) electrons. The second-order valence-corrected chi connectivity index (χ2v) is 4.63. The van der Waals surface area contributed by atoms with Gasteiger partial charge in [0.05, 0.1) is 0 Å². The Bertz CT molecular complexity index is 522. The molecule has 1 heterocycles. The maximum Gasteiger partial charge on any atom is 0.119 e. The van der Waals surface area contributed by atoms with Gasteiger partial charge in [-0.3, -0.25) is 4.98 Å². The lowest BCUT2D eigenvalue weighted by Crippen LogP contribution is -2.18. The standard InChI is InChI=1S/C17H20N2O/c1-3-12-20-17-6-4-15(5-7-17)13-19-14(2)16-8-10-18-11-9-16/h3-11,14,19H,1,12-13H2,2H3/t14-/m1/s1. The average molecular weight is 268 g/mol. The highest BCUT2D eigenvalue weighted by Crippen LogP contribution is 2.14. The largest absolute Gasteiger partial charge is 0.490 e. The Hall–Kier alpha value is -2.13. The number of hydrogen-bond acceptors (Lipinski definition) is 3. The van der Waals surface area contributed by atoms with Crippen LogP contribution in [0.25, 0.3) is 0 Å². The summed E-state index contributed by atoms with van der Waals surface area (Å²) in [7, 11) is 0. The molecule has 104 valence electrons. The summed E-state index contributed by atoms with van der Waals surface area (Å²) in [5.41, 5.74) is 2.47. The van der Waals surface area contributed by atoms with Crippen LogP contribution in [-0.2, 0) is 6.54 Å². The van der Waals surface area contributed by atoms with E-state index in [-0.39, 0.29) is 0 Å². The molecule has 1 N–H and O–H groups in total. The van der Waals surface area contributed by atoms with Crippen LogP contribution in [0, 0.1) is 0 Å². The van der Waals surface area contributed by atoms with Crippen LogP contribution < -0.4 is 10.1 Å². The van der Waals surface area contributed by atoms with Crippen LogP contribution in [0.2, 0.25) is 0 Å². The van der Waals surface area contributed by atoms with Crippen molar-refractivity contribution < 1.29 is 4.74 Å². The molecule has 0 unspecified atom stereocenters. The van der Waals surface area contributed by atoms with E-state index in [2.05, 4.69) is 35.9 Å². The fourth-order valence-electron chi connectivity index (χ4n) is 1.90. The summed E-state index contributed by atoms with van der Waals surface area (Å²) in [4.78, 5) is 4.03. The smallest absolute Gasteiger partial charge is 0.119 e. The van der Waals surface area contributed by atoms with E-state index >= 15 is 0 Å². The summed E-state index contributed by atoms with van der Waals surface area (Å²) < 4.78 is 5.46. The Morgan fingerprint density at radius 1 is 1.20 bits per heavy atom. The van der Waals surface area contributed by atoms with Crippen molar-refractivity contribution in [1.82, 2.24) is 10.3 Å². The monoisotopic (exact) mass is 268 g/mol. The lowest BCUT2D eigenvalue weighted by atomic mass is 10.1. The van der Waals surface area contributed by atoms with E-state index in [0.717, 1.165) is 12.3 Å². The van der Waals surface area contributed by atoms with E-state index < -0.39 is 0 Å². The van der Waals surface area contributed by atoms with Crippen LogP contribution in [0.4, 0.5) is 0 Å². The van der Waals surface area contributed by atoms with E-state index in [9.17, 15) is 0 Å². The minimum absolute atomic E-state index is 0.301. The van der Waals surface area contributed by atoms with Crippen LogP contribution in [-0.4, -0.2) is 11.6 Å². The van der Waals surface area contributed by atoms with Crippen molar-refractivity contribution in [3.8, 4) is 5.75 Å². The number of rotatable bonds is 7. The molecule has 1 aromatic heterocycles. The molecule has 0 aliphatic carbocycles. The van der Waals surface area contributed by atoms with E-state index in [1.165, 1.54) is 11.1 Å². The topological polar surface area (TPSA) is 34.1 Å². The van der Waals surface area contributed by atoms with Crippen molar-refractivity contribution in [3.05, 3.63) is 72.6 Å². The molecule has 2 aromatic rings. The van der Waals surface area contributed by atoms with Crippen molar-refractivity contribution >= 4 is 0 Å². The first-order chi connectivity index (χ1) is 9.79. The predicted molar refractivity (Wildman–Crippen MR) is 81.6 cm³/mol. The molecule has 0 saturated carbocycles. The maximum atomic E-state index is 5.46. The number of aromatic nitrogens is 1. The number of benzene rings is 1. The Labute approximate surface area is 120 Å². The summed E-state index contributed by atoms with van der Waals surface area (Å²) in [5.74, 6) is 0.871. The van der Waals surface area contributed by atoms with Crippen LogP contribution in [0.5, 0.6) is 5.75 Å². The molecule has 0 aliphatic heterocycles. The van der Waals surface area contributed by atoms with Gasteiger partial charge in [0, 0.05) is 25.0 Å². The first-order valence-electron chi connectivity index (χ1n) is 6.75. The number of hydrogen-bond donors (Lipinski definition) is 1. The van der Waals surface area contributed by atoms with Gasteiger partial charge in [0.2, 0.25) is 0 Å². The van der Waals surface area contributed by atoms with E-state index in [4.69, 9.17) is 4.74 Å². The van der Waals surface area contributed by atoms with E-state index in [1.54, 1.807) is 6.08 Å². The van der Waals surface area contributed by atoms with Crippen molar-refractivity contribution in [3.63, 3.8) is 0 Å². The lowest BCUT2D eigenvalue weighted by molar-refractivity contribution is 0.363. The normalized spacial score (nSPS) is 11.8. The molecule has 1 atom stereocenters. The summed E-state index contributed by atoms with van der Waals surface area (Å²) in [6.07, 6.45) is 5.38. The predicted octanol–water partition coefficient (Wildman–Crippen LogP) is 3.50. The quantitative estimate of drug-likeness (QED) is 0.780. The molecule has 3 nitrogen and oxygen atoms in total. The van der Waals surface area contributed by atoms with Crippen LogP contribution in [0.15, 0.2) is 61.4 Å². The van der Waals surface area contributed by atoms with Gasteiger partial charge in [-0.1, -0.05) is 24.8 Å². The minimum atomic E-state index is 0.301. The van der Waals surface area contributed by atoms with Gasteiger partial charge >= 0.3 is 0 Å². The second kappa shape index (κ2) is 7.46. The first kappa shape index (κ1) is 14.3. The zero-order chi connectivity index (χ0) is 14.2. The molecular weight excluding hydrogens is 248 g/mol. The fraction of sp³-hybridized carbons (Fsp3) is 0.235. The molecule has 0 amide bonds. The third-order valence-corrected chi connectivity index (χ3v) is 3.11. The van der Waals surface area contributed by atoms with Crippen LogP contribution in [0.1, 0.15) is 24.1 Å². The highest BCUT2D eigenvalue weighted by Gasteiger charge is 2.04. The molecule has 0 bridgehead atoms. The first-order valence-corrected chi connectivity index (χ1v) is 6.75. The van der Waals surface area contributed by atoms with Crippen LogP contribution >= 0.6 is 0 Å². The highest BCUT2D eigenvalue weighted by molar-refractivity contribution is 5.27. The van der Waals surface area contributed by atoms with Crippen molar-refractivity contribution in [2.75, 3.05) is 6.61 Å². The van der Waals surface area contributed by atoms with Gasteiger partial charge in [-0.15, -0.1) is 0 Å². The Kier molecular flexibility index (Phi) is 5.33. The molecule has 1 aromatic carbocycles. The fourth-order valence-corrected chi connectivity index (χ4v) is 1.90. The summed E-state index contributed by atoms with van der Waals surface area (Å²) in [5, 5.41) is 3.49. The minimum Gasteiger partial charge on any atom is -0.490 e. The van der Waals surface area contributed by atoms with Crippen molar-refractivity contribution in [1.29, 1.82) is 0 Å². The second-order valence-electron chi connectivity index (χ2n) is 4.63. The van der Waals surface area contributed by atoms with Gasteiger partial charge < -0.3 is 10.1 Å². The van der Waals surface area contributed by atoms with Gasteiger partial charge in [-0.05, 0) is 42.3 Å². The molecule has 3 heteroatoms. The van der Waals surface area contributed by atoms with Gasteiger partial charge in [0.1, 0.15) is 12.4 Å². The molecule has 2 rings (SSSR count). The molecular formula is C17H20N2O. The summed E-state index contributed by atoms with van der Waals surface area (Å²) >= 11 is 0. The number of pyridine rings is 1. The Morgan fingerprint density at radius 3 is 2.55 bits per heavy atom. The van der Waals surface area contributed by atoms with Crippen LogP contribution in [0.3, 0.4) is 0 Å². The van der Waals surface area contributed by atoms with Gasteiger partial charge in [-0.25, -0.2) is 0 Å². The number of ether oxygens (including phenoxy) is 1. The number of nitrogens with one attached hydrogen (secondary N) is 1. The third-order valence-electron chi connectivity index (χ3n) is 3.11. The summed E-state index contributed by atoms with van der Waals surface area (Å²) in [6.45, 7) is 7.14. The van der Waals surface area contributed by atoms with E-state index in [1.807, 2.05) is 36.7 Å². The average Bonchev–Trinajstić information content (AvgIpc) is 2.52. The van der Waals surface area contributed by atoms with Crippen molar-refractivity contribution in [2.45, 2.75) is 19.5 Å². The molecule has 20 heavy (non-hydrogen) atoms. The highest BCUT2D eigenvalue weighted by atomic mass is 16.5. The van der Waals surface area contributed by atoms with Crippen molar-refractivity contribution in [2.24, 2.45) is 0 Å². The van der Waals surface area contributed by atoms with Gasteiger partial charge in [0.15, 0.2) is 0 Å².